The average molecular weight is 173 g/mol. The first-order valence-corrected chi connectivity index (χ1v) is 4.65. The second-order valence-electron chi connectivity index (χ2n) is 3.24. The Morgan fingerprint density at radius 3 is 3.00 bits per heavy atom. The minimum atomic E-state index is 0.997. The SMILES string of the molecule is [CH2]CCCc1ccc2ccocc1-2. The third-order valence-corrected chi connectivity index (χ3v) is 2.33. The molecule has 0 amide bonds. The molecule has 1 aliphatic heterocycles. The molecular formula is C12H13O. The van der Waals surface area contributed by atoms with Crippen LogP contribution in [0.15, 0.2) is 35.1 Å². The zero-order valence-corrected chi connectivity index (χ0v) is 7.62. The van der Waals surface area contributed by atoms with E-state index in [0.717, 1.165) is 19.3 Å². The van der Waals surface area contributed by atoms with E-state index < -0.39 is 0 Å². The van der Waals surface area contributed by atoms with Crippen LogP contribution in [0.25, 0.3) is 11.1 Å². The highest BCUT2D eigenvalue weighted by Crippen LogP contribution is 2.28. The lowest BCUT2D eigenvalue weighted by atomic mass is 10.1. The molecule has 0 aromatic carbocycles. The van der Waals surface area contributed by atoms with E-state index in [1.165, 1.54) is 16.7 Å². The standard InChI is InChI=1S/C12H13O/c1-2-3-4-10-5-6-11-7-8-13-9-12(10)11/h5-9H,1-4H2. The molecule has 13 heavy (non-hydrogen) atoms. The van der Waals surface area contributed by atoms with Gasteiger partial charge in [-0.15, -0.1) is 0 Å². The molecule has 0 fully saturated rings. The van der Waals surface area contributed by atoms with E-state index >= 15 is 0 Å². The van der Waals surface area contributed by atoms with Gasteiger partial charge in [-0.05, 0) is 30.0 Å². The molecule has 1 heterocycles. The van der Waals surface area contributed by atoms with Crippen LogP contribution in [0.4, 0.5) is 0 Å². The van der Waals surface area contributed by atoms with E-state index in [9.17, 15) is 0 Å². The normalized spacial score (nSPS) is 10.8. The van der Waals surface area contributed by atoms with E-state index in [1.807, 2.05) is 12.3 Å². The summed E-state index contributed by atoms with van der Waals surface area (Å²) >= 11 is 0. The first-order valence-electron chi connectivity index (χ1n) is 4.65. The Morgan fingerprint density at radius 2 is 2.15 bits per heavy atom. The van der Waals surface area contributed by atoms with Gasteiger partial charge in [-0.3, -0.25) is 0 Å². The maximum atomic E-state index is 5.15. The topological polar surface area (TPSA) is 13.1 Å². The van der Waals surface area contributed by atoms with Crippen LogP contribution in [0.2, 0.25) is 0 Å². The van der Waals surface area contributed by atoms with Gasteiger partial charge in [0.1, 0.15) is 0 Å². The highest BCUT2D eigenvalue weighted by atomic mass is 16.3. The Morgan fingerprint density at radius 1 is 1.23 bits per heavy atom. The van der Waals surface area contributed by atoms with Crippen molar-refractivity contribution < 1.29 is 4.42 Å². The van der Waals surface area contributed by atoms with Gasteiger partial charge in [0.05, 0.1) is 12.5 Å². The van der Waals surface area contributed by atoms with Crippen LogP contribution in [-0.2, 0) is 6.42 Å². The van der Waals surface area contributed by atoms with Gasteiger partial charge in [-0.25, -0.2) is 0 Å². The number of rotatable bonds is 3. The highest BCUT2D eigenvalue weighted by Gasteiger charge is 2.07. The van der Waals surface area contributed by atoms with Crippen molar-refractivity contribution in [2.45, 2.75) is 19.3 Å². The van der Waals surface area contributed by atoms with Crippen molar-refractivity contribution in [2.75, 3.05) is 0 Å². The summed E-state index contributed by atoms with van der Waals surface area (Å²) in [6.07, 6.45) is 6.79. The molecule has 1 radical (unpaired) electrons. The Balaban J connectivity index is 2.27. The molecule has 67 valence electrons. The molecule has 0 aromatic heterocycles. The van der Waals surface area contributed by atoms with Crippen molar-refractivity contribution in [3.63, 3.8) is 0 Å². The van der Waals surface area contributed by atoms with E-state index in [-0.39, 0.29) is 0 Å². The fraction of sp³-hybridized carbons (Fsp3) is 0.250. The highest BCUT2D eigenvalue weighted by molar-refractivity contribution is 5.69. The summed E-state index contributed by atoms with van der Waals surface area (Å²) in [7, 11) is 0. The van der Waals surface area contributed by atoms with Crippen LogP contribution < -0.4 is 0 Å². The Hall–Kier alpha value is -1.24. The third-order valence-electron chi connectivity index (χ3n) is 2.33. The molecule has 0 N–H and O–H groups in total. The van der Waals surface area contributed by atoms with Crippen molar-refractivity contribution in [1.82, 2.24) is 0 Å². The van der Waals surface area contributed by atoms with Crippen molar-refractivity contribution >= 4 is 0 Å². The largest absolute Gasteiger partial charge is 0.472 e. The van der Waals surface area contributed by atoms with Crippen LogP contribution in [0.5, 0.6) is 0 Å². The molecule has 0 saturated carbocycles. The van der Waals surface area contributed by atoms with Gasteiger partial charge in [0, 0.05) is 5.56 Å². The summed E-state index contributed by atoms with van der Waals surface area (Å²) in [6.45, 7) is 3.84. The van der Waals surface area contributed by atoms with Crippen molar-refractivity contribution in [1.29, 1.82) is 0 Å². The molecule has 0 unspecified atom stereocenters. The first kappa shape index (κ1) is 8.36. The molecule has 1 heteroatoms. The summed E-state index contributed by atoms with van der Waals surface area (Å²) in [5, 5.41) is 0. The summed E-state index contributed by atoms with van der Waals surface area (Å²) in [6, 6.07) is 6.32. The smallest absolute Gasteiger partial charge is 0.0982 e. The van der Waals surface area contributed by atoms with Crippen molar-refractivity contribution in [2.24, 2.45) is 0 Å². The van der Waals surface area contributed by atoms with Gasteiger partial charge in [0.25, 0.3) is 0 Å². The zero-order valence-electron chi connectivity index (χ0n) is 7.62. The molecule has 1 nitrogen and oxygen atoms in total. The minimum absolute atomic E-state index is 0.997. The van der Waals surface area contributed by atoms with E-state index in [4.69, 9.17) is 4.42 Å². The maximum absolute atomic E-state index is 5.15. The molecule has 0 spiro atoms. The molecule has 1 aliphatic carbocycles. The monoisotopic (exact) mass is 173 g/mol. The number of hydrogen-bond donors (Lipinski definition) is 0. The second kappa shape index (κ2) is 3.65. The summed E-state index contributed by atoms with van der Waals surface area (Å²) < 4.78 is 5.15. The van der Waals surface area contributed by atoms with Gasteiger partial charge in [0.2, 0.25) is 0 Å². The predicted octanol–water partition coefficient (Wildman–Crippen LogP) is 3.54. The van der Waals surface area contributed by atoms with E-state index in [0.29, 0.717) is 0 Å². The van der Waals surface area contributed by atoms with Crippen LogP contribution in [-0.4, -0.2) is 0 Å². The zero-order chi connectivity index (χ0) is 9.10. The van der Waals surface area contributed by atoms with E-state index in [1.54, 1.807) is 6.26 Å². The Bertz CT molecular complexity index is 348. The van der Waals surface area contributed by atoms with Gasteiger partial charge in [-0.2, -0.15) is 0 Å². The molecule has 0 saturated heterocycles. The lowest BCUT2D eigenvalue weighted by Gasteiger charge is -2.01. The molecule has 0 aromatic rings. The van der Waals surface area contributed by atoms with Crippen molar-refractivity contribution in [3.8, 4) is 11.1 Å². The van der Waals surface area contributed by atoms with Crippen LogP contribution in [0.1, 0.15) is 18.4 Å². The quantitative estimate of drug-likeness (QED) is 0.691. The maximum Gasteiger partial charge on any atom is 0.0982 e. The first-order chi connectivity index (χ1) is 6.42. The number of hydrogen-bond acceptors (Lipinski definition) is 1. The summed E-state index contributed by atoms with van der Waals surface area (Å²) in [5.74, 6) is 0. The van der Waals surface area contributed by atoms with Crippen LogP contribution >= 0.6 is 0 Å². The van der Waals surface area contributed by atoms with Gasteiger partial charge in [-0.1, -0.05) is 25.5 Å². The molecule has 0 bridgehead atoms. The Labute approximate surface area is 78.7 Å². The molecular weight excluding hydrogens is 160 g/mol. The summed E-state index contributed by atoms with van der Waals surface area (Å²) in [5.41, 5.74) is 3.89. The Kier molecular flexibility index (Phi) is 2.35. The predicted molar refractivity (Wildman–Crippen MR) is 53.6 cm³/mol. The third kappa shape index (κ3) is 1.59. The molecule has 0 atom stereocenters. The van der Waals surface area contributed by atoms with Gasteiger partial charge in [0.15, 0.2) is 0 Å². The van der Waals surface area contributed by atoms with Gasteiger partial charge >= 0.3 is 0 Å². The lowest BCUT2D eigenvalue weighted by molar-refractivity contribution is 0.551. The summed E-state index contributed by atoms with van der Waals surface area (Å²) in [4.78, 5) is 0. The van der Waals surface area contributed by atoms with Gasteiger partial charge < -0.3 is 4.42 Å². The number of fused-ring (bicyclic) bond motifs is 1. The fourth-order valence-electron chi connectivity index (χ4n) is 1.60. The molecule has 2 rings (SSSR count). The fourth-order valence-corrected chi connectivity index (χ4v) is 1.60. The lowest BCUT2D eigenvalue weighted by Crippen LogP contribution is -1.83. The van der Waals surface area contributed by atoms with Crippen LogP contribution in [0, 0.1) is 6.92 Å². The average Bonchev–Trinajstić information content (AvgIpc) is 2.58. The molecule has 2 aliphatic rings. The van der Waals surface area contributed by atoms with E-state index in [2.05, 4.69) is 19.1 Å². The van der Waals surface area contributed by atoms with Crippen molar-refractivity contribution in [3.05, 3.63) is 43.2 Å². The second-order valence-corrected chi connectivity index (χ2v) is 3.24. The van der Waals surface area contributed by atoms with Crippen LogP contribution in [0.3, 0.4) is 0 Å². The number of aryl methyl sites for hydroxylation is 1. The number of unbranched alkanes of at least 4 members (excludes halogenated alkanes) is 1. The minimum Gasteiger partial charge on any atom is -0.472 e.